The topological polar surface area (TPSA) is 97.8 Å². The second kappa shape index (κ2) is 8.71. The molecule has 1 aliphatic rings. The lowest BCUT2D eigenvalue weighted by Crippen LogP contribution is -2.40. The highest BCUT2D eigenvalue weighted by Crippen LogP contribution is 2.22. The Morgan fingerprint density at radius 1 is 1.27 bits per heavy atom. The largest absolute Gasteiger partial charge is 0.447 e. The fourth-order valence-corrected chi connectivity index (χ4v) is 3.76. The molecule has 1 fully saturated rings. The summed E-state index contributed by atoms with van der Waals surface area (Å²) in [7, 11) is 0. The van der Waals surface area contributed by atoms with Crippen LogP contribution >= 0.6 is 0 Å². The Balaban J connectivity index is 1.49. The number of benzene rings is 1. The number of amides is 1. The Labute approximate surface area is 176 Å². The molecule has 3 aromatic rings. The molecule has 8 heteroatoms. The van der Waals surface area contributed by atoms with Gasteiger partial charge < -0.3 is 20.7 Å². The van der Waals surface area contributed by atoms with E-state index in [9.17, 15) is 4.79 Å². The van der Waals surface area contributed by atoms with E-state index in [2.05, 4.69) is 10.3 Å². The lowest BCUT2D eigenvalue weighted by Gasteiger charge is -2.25. The predicted molar refractivity (Wildman–Crippen MR) is 116 cm³/mol. The van der Waals surface area contributed by atoms with Crippen LogP contribution in [0.5, 0.6) is 0 Å². The number of fused-ring (bicyclic) bond motifs is 1. The van der Waals surface area contributed by atoms with Crippen LogP contribution in [0.3, 0.4) is 0 Å². The van der Waals surface area contributed by atoms with E-state index in [0.717, 1.165) is 47.7 Å². The lowest BCUT2D eigenvalue weighted by molar-refractivity contribution is 0.0746. The summed E-state index contributed by atoms with van der Waals surface area (Å²) in [6.07, 6.45) is 3.40. The minimum atomic E-state index is -0.240. The summed E-state index contributed by atoms with van der Waals surface area (Å²) in [5.41, 5.74) is 9.51. The van der Waals surface area contributed by atoms with Gasteiger partial charge in [-0.1, -0.05) is 24.3 Å². The zero-order chi connectivity index (χ0) is 21.1. The second-order valence-corrected chi connectivity index (χ2v) is 7.84. The van der Waals surface area contributed by atoms with Gasteiger partial charge in [0.25, 0.3) is 0 Å². The number of ether oxygens (including phenoxy) is 1. The van der Waals surface area contributed by atoms with Crippen molar-refractivity contribution in [3.05, 3.63) is 48.2 Å². The Morgan fingerprint density at radius 3 is 2.80 bits per heavy atom. The van der Waals surface area contributed by atoms with Crippen LogP contribution in [0, 0.1) is 0 Å². The summed E-state index contributed by atoms with van der Waals surface area (Å²) in [5, 5.41) is 8.09. The van der Waals surface area contributed by atoms with Crippen LogP contribution in [-0.2, 0) is 11.3 Å². The van der Waals surface area contributed by atoms with E-state index in [1.807, 2.05) is 65.9 Å². The molecule has 1 atom stereocenters. The molecule has 1 amide bonds. The van der Waals surface area contributed by atoms with Crippen molar-refractivity contribution in [2.75, 3.05) is 18.4 Å². The molecule has 2 aromatic heterocycles. The van der Waals surface area contributed by atoms with Gasteiger partial charge in [-0.25, -0.2) is 14.3 Å². The molecule has 158 valence electrons. The van der Waals surface area contributed by atoms with E-state index in [4.69, 9.17) is 15.6 Å². The Bertz CT molecular complexity index is 1010. The van der Waals surface area contributed by atoms with Gasteiger partial charge in [0.1, 0.15) is 5.82 Å². The summed E-state index contributed by atoms with van der Waals surface area (Å²) < 4.78 is 7.20. The molecule has 4 rings (SSSR count). The average molecular weight is 409 g/mol. The Kier molecular flexibility index (Phi) is 5.85. The van der Waals surface area contributed by atoms with Crippen LogP contribution in [0.2, 0.25) is 0 Å². The molecule has 0 bridgehead atoms. The van der Waals surface area contributed by atoms with Crippen LogP contribution in [0.25, 0.3) is 16.9 Å². The van der Waals surface area contributed by atoms with Crippen LogP contribution in [-0.4, -0.2) is 50.8 Å². The predicted octanol–water partition coefficient (Wildman–Crippen LogP) is 3.28. The maximum absolute atomic E-state index is 12.3. The molecular weight excluding hydrogens is 380 g/mol. The zero-order valence-electron chi connectivity index (χ0n) is 17.4. The SMILES string of the molecule is CC(C)OC(=O)N1CCC[C@H]1CNc1ccc2ncc(-c3ccc(CN)cc3)n2n1. The van der Waals surface area contributed by atoms with Crippen molar-refractivity contribution >= 4 is 17.6 Å². The number of nitrogens with zero attached hydrogens (tertiary/aromatic N) is 4. The zero-order valence-corrected chi connectivity index (χ0v) is 17.4. The van der Waals surface area contributed by atoms with Gasteiger partial charge in [-0.3, -0.25) is 0 Å². The van der Waals surface area contributed by atoms with E-state index in [1.54, 1.807) is 0 Å². The standard InChI is InChI=1S/C22H28N6O2/c1-15(2)30-22(29)27-11-3-4-18(27)13-24-20-9-10-21-25-14-19(28(21)26-20)17-7-5-16(12-23)6-8-17/h5-10,14-15,18H,3-4,11-13,23H2,1-2H3,(H,24,26)/t18-/m0/s1. The Morgan fingerprint density at radius 2 is 2.07 bits per heavy atom. The number of hydrogen-bond donors (Lipinski definition) is 2. The molecule has 0 spiro atoms. The van der Waals surface area contributed by atoms with Crippen molar-refractivity contribution in [2.24, 2.45) is 5.73 Å². The van der Waals surface area contributed by atoms with Crippen molar-refractivity contribution in [1.29, 1.82) is 0 Å². The fraction of sp³-hybridized carbons (Fsp3) is 0.409. The molecule has 8 nitrogen and oxygen atoms in total. The third kappa shape index (κ3) is 4.23. The summed E-state index contributed by atoms with van der Waals surface area (Å²) in [6.45, 7) is 5.61. The van der Waals surface area contributed by atoms with Crippen LogP contribution < -0.4 is 11.1 Å². The first kappa shape index (κ1) is 20.2. The monoisotopic (exact) mass is 408 g/mol. The van der Waals surface area contributed by atoms with Gasteiger partial charge in [-0.15, -0.1) is 5.10 Å². The molecule has 1 aromatic carbocycles. The quantitative estimate of drug-likeness (QED) is 0.650. The number of likely N-dealkylation sites (tertiary alicyclic amines) is 1. The highest BCUT2D eigenvalue weighted by Gasteiger charge is 2.30. The van der Waals surface area contributed by atoms with Gasteiger partial charge in [0.05, 0.1) is 24.0 Å². The highest BCUT2D eigenvalue weighted by molar-refractivity contribution is 5.68. The number of nitrogens with one attached hydrogen (secondary N) is 1. The second-order valence-electron chi connectivity index (χ2n) is 7.84. The number of hydrogen-bond acceptors (Lipinski definition) is 6. The minimum Gasteiger partial charge on any atom is -0.447 e. The average Bonchev–Trinajstić information content (AvgIpc) is 3.38. The molecule has 1 aliphatic heterocycles. The summed E-state index contributed by atoms with van der Waals surface area (Å²) in [5.74, 6) is 0.740. The lowest BCUT2D eigenvalue weighted by atomic mass is 10.1. The molecule has 30 heavy (non-hydrogen) atoms. The highest BCUT2D eigenvalue weighted by atomic mass is 16.6. The van der Waals surface area contributed by atoms with Gasteiger partial charge in [0.2, 0.25) is 0 Å². The number of anilines is 1. The maximum atomic E-state index is 12.3. The van der Waals surface area contributed by atoms with Gasteiger partial charge in [0, 0.05) is 25.2 Å². The summed E-state index contributed by atoms with van der Waals surface area (Å²) >= 11 is 0. The number of carbonyl (C=O) groups excluding carboxylic acids is 1. The molecule has 3 heterocycles. The smallest absolute Gasteiger partial charge is 0.410 e. The van der Waals surface area contributed by atoms with Crippen LogP contribution in [0.4, 0.5) is 10.6 Å². The third-order valence-electron chi connectivity index (χ3n) is 5.31. The number of nitrogens with two attached hydrogens (primary N) is 1. The number of aromatic nitrogens is 3. The number of rotatable bonds is 6. The minimum absolute atomic E-state index is 0.0970. The van der Waals surface area contributed by atoms with Gasteiger partial charge in [0.15, 0.2) is 5.65 Å². The van der Waals surface area contributed by atoms with Crippen LogP contribution in [0.15, 0.2) is 42.6 Å². The van der Waals surface area contributed by atoms with E-state index >= 15 is 0 Å². The van der Waals surface area contributed by atoms with Gasteiger partial charge in [-0.2, -0.15) is 0 Å². The van der Waals surface area contributed by atoms with Crippen molar-refractivity contribution in [3.63, 3.8) is 0 Å². The first-order valence-corrected chi connectivity index (χ1v) is 10.4. The van der Waals surface area contributed by atoms with Crippen molar-refractivity contribution in [1.82, 2.24) is 19.5 Å². The van der Waals surface area contributed by atoms with Crippen LogP contribution in [0.1, 0.15) is 32.3 Å². The number of imidazole rings is 1. The van der Waals surface area contributed by atoms with E-state index in [-0.39, 0.29) is 18.2 Å². The first-order valence-electron chi connectivity index (χ1n) is 10.4. The molecule has 0 aliphatic carbocycles. The molecule has 0 saturated carbocycles. The summed E-state index contributed by atoms with van der Waals surface area (Å²) in [6, 6.07) is 12.0. The Hall–Kier alpha value is -3.13. The van der Waals surface area contributed by atoms with Crippen molar-refractivity contribution in [2.45, 2.75) is 45.4 Å². The molecule has 0 radical (unpaired) electrons. The van der Waals surface area contributed by atoms with Gasteiger partial charge >= 0.3 is 6.09 Å². The molecule has 1 saturated heterocycles. The summed E-state index contributed by atoms with van der Waals surface area (Å²) in [4.78, 5) is 18.6. The fourth-order valence-electron chi connectivity index (χ4n) is 3.76. The molecule has 3 N–H and O–H groups in total. The first-order chi connectivity index (χ1) is 14.5. The third-order valence-corrected chi connectivity index (χ3v) is 5.31. The molecule has 0 unspecified atom stereocenters. The van der Waals surface area contributed by atoms with E-state index in [0.29, 0.717) is 13.1 Å². The van der Waals surface area contributed by atoms with E-state index in [1.165, 1.54) is 0 Å². The number of carbonyl (C=O) groups is 1. The van der Waals surface area contributed by atoms with Crippen molar-refractivity contribution in [3.8, 4) is 11.3 Å². The molecular formula is C22H28N6O2. The van der Waals surface area contributed by atoms with Gasteiger partial charge in [-0.05, 0) is 44.4 Å². The normalized spacial score (nSPS) is 16.4. The van der Waals surface area contributed by atoms with E-state index < -0.39 is 0 Å². The maximum Gasteiger partial charge on any atom is 0.410 e. The van der Waals surface area contributed by atoms with Crippen molar-refractivity contribution < 1.29 is 9.53 Å².